The molecule has 0 aliphatic heterocycles. The summed E-state index contributed by atoms with van der Waals surface area (Å²) in [4.78, 5) is 16.8. The number of rotatable bonds is 3. The fourth-order valence-corrected chi connectivity index (χ4v) is 1.93. The van der Waals surface area contributed by atoms with E-state index in [0.29, 0.717) is 5.56 Å². The molecule has 21 heavy (non-hydrogen) atoms. The minimum absolute atomic E-state index is 0.0649. The van der Waals surface area contributed by atoms with Crippen LogP contribution in [0.15, 0.2) is 12.3 Å². The highest BCUT2D eigenvalue weighted by molar-refractivity contribution is 5.96. The zero-order valence-corrected chi connectivity index (χ0v) is 14.0. The Bertz CT molecular complexity index is 575. The van der Waals surface area contributed by atoms with E-state index < -0.39 is 5.54 Å². The van der Waals surface area contributed by atoms with Gasteiger partial charge in [-0.2, -0.15) is 5.26 Å². The number of aromatic nitrogens is 1. The number of nitrogens with one attached hydrogen (secondary N) is 1. The van der Waals surface area contributed by atoms with Crippen molar-refractivity contribution in [1.82, 2.24) is 10.3 Å². The molecule has 0 spiro atoms. The van der Waals surface area contributed by atoms with Gasteiger partial charge in [-0.15, -0.1) is 0 Å². The summed E-state index contributed by atoms with van der Waals surface area (Å²) >= 11 is 0. The maximum Gasteiger partial charge on any atom is 0.254 e. The average Bonchev–Trinajstić information content (AvgIpc) is 2.36. The molecule has 1 aromatic heterocycles. The second-order valence-corrected chi connectivity index (χ2v) is 7.25. The van der Waals surface area contributed by atoms with E-state index in [2.05, 4.69) is 37.1 Å². The van der Waals surface area contributed by atoms with E-state index in [0.717, 1.165) is 11.3 Å². The molecule has 0 aromatic carbocycles. The number of hydrogen-bond acceptors (Lipinski definition) is 3. The minimum Gasteiger partial charge on any atom is -0.334 e. The molecule has 1 amide bonds. The third kappa shape index (κ3) is 4.29. The van der Waals surface area contributed by atoms with Gasteiger partial charge in [0, 0.05) is 17.3 Å². The van der Waals surface area contributed by atoms with Crippen molar-refractivity contribution in [3.05, 3.63) is 29.1 Å². The SMILES string of the molecule is CC(C)c1cc(C(C)(C)C)ncc1C(=O)NC(C)(C)C#N. The standard InChI is InChI=1S/C17H25N3O/c1-11(2)12-8-14(16(3,4)5)19-9-13(12)15(21)20-17(6,7)10-18/h8-9,11H,1-7H3,(H,20,21). The van der Waals surface area contributed by atoms with Gasteiger partial charge in [-0.25, -0.2) is 0 Å². The molecule has 0 saturated carbocycles. The highest BCUT2D eigenvalue weighted by atomic mass is 16.1. The lowest BCUT2D eigenvalue weighted by Crippen LogP contribution is -2.42. The van der Waals surface area contributed by atoms with Gasteiger partial charge in [0.25, 0.3) is 5.91 Å². The van der Waals surface area contributed by atoms with Gasteiger partial charge in [-0.1, -0.05) is 34.6 Å². The fourth-order valence-electron chi connectivity index (χ4n) is 1.93. The molecule has 1 N–H and O–H groups in total. The average molecular weight is 287 g/mol. The van der Waals surface area contributed by atoms with E-state index in [1.807, 2.05) is 19.9 Å². The van der Waals surface area contributed by atoms with Gasteiger partial charge in [0.2, 0.25) is 0 Å². The molecule has 4 nitrogen and oxygen atoms in total. The number of nitriles is 1. The molecule has 0 saturated heterocycles. The molecule has 0 atom stereocenters. The van der Waals surface area contributed by atoms with Crippen LogP contribution in [0.5, 0.6) is 0 Å². The lowest BCUT2D eigenvalue weighted by atomic mass is 9.87. The fraction of sp³-hybridized carbons (Fsp3) is 0.588. The van der Waals surface area contributed by atoms with Crippen LogP contribution < -0.4 is 5.32 Å². The van der Waals surface area contributed by atoms with Crippen LogP contribution in [-0.4, -0.2) is 16.4 Å². The Hall–Kier alpha value is -1.89. The molecule has 0 unspecified atom stereocenters. The summed E-state index contributed by atoms with van der Waals surface area (Å²) in [5, 5.41) is 11.8. The summed E-state index contributed by atoms with van der Waals surface area (Å²) in [6.07, 6.45) is 1.62. The molecule has 0 fully saturated rings. The number of pyridine rings is 1. The molecule has 1 heterocycles. The maximum atomic E-state index is 12.4. The van der Waals surface area contributed by atoms with Crippen LogP contribution in [0.2, 0.25) is 0 Å². The van der Waals surface area contributed by atoms with Gasteiger partial charge in [-0.05, 0) is 31.4 Å². The Morgan fingerprint density at radius 3 is 2.29 bits per heavy atom. The van der Waals surface area contributed by atoms with E-state index in [1.165, 1.54) is 0 Å². The highest BCUT2D eigenvalue weighted by Crippen LogP contribution is 2.26. The van der Waals surface area contributed by atoms with Crippen molar-refractivity contribution in [2.45, 2.75) is 65.3 Å². The van der Waals surface area contributed by atoms with Crippen molar-refractivity contribution >= 4 is 5.91 Å². The van der Waals surface area contributed by atoms with Crippen molar-refractivity contribution in [2.75, 3.05) is 0 Å². The maximum absolute atomic E-state index is 12.4. The first-order valence-electron chi connectivity index (χ1n) is 7.22. The molecule has 0 bridgehead atoms. The van der Waals surface area contributed by atoms with Gasteiger partial charge in [0.1, 0.15) is 5.54 Å². The summed E-state index contributed by atoms with van der Waals surface area (Å²) in [6, 6.07) is 4.07. The van der Waals surface area contributed by atoms with Crippen LogP contribution in [-0.2, 0) is 5.41 Å². The van der Waals surface area contributed by atoms with Crippen LogP contribution in [0, 0.1) is 11.3 Å². The van der Waals surface area contributed by atoms with Crippen molar-refractivity contribution in [3.8, 4) is 6.07 Å². The van der Waals surface area contributed by atoms with Crippen LogP contribution in [0.4, 0.5) is 0 Å². The van der Waals surface area contributed by atoms with Crippen molar-refractivity contribution in [3.63, 3.8) is 0 Å². The van der Waals surface area contributed by atoms with Crippen LogP contribution >= 0.6 is 0 Å². The largest absolute Gasteiger partial charge is 0.334 e. The summed E-state index contributed by atoms with van der Waals surface area (Å²) < 4.78 is 0. The number of carbonyl (C=O) groups is 1. The lowest BCUT2D eigenvalue weighted by Gasteiger charge is -2.23. The molecule has 1 aromatic rings. The Kier molecular flexibility index (Phi) is 4.78. The van der Waals surface area contributed by atoms with E-state index in [9.17, 15) is 4.79 Å². The van der Waals surface area contributed by atoms with E-state index >= 15 is 0 Å². The molecule has 0 aliphatic rings. The minimum atomic E-state index is -0.895. The summed E-state index contributed by atoms with van der Waals surface area (Å²) in [6.45, 7) is 13.7. The van der Waals surface area contributed by atoms with Crippen LogP contribution in [0.25, 0.3) is 0 Å². The van der Waals surface area contributed by atoms with Gasteiger partial charge in [0.15, 0.2) is 0 Å². The van der Waals surface area contributed by atoms with E-state index in [-0.39, 0.29) is 17.2 Å². The monoisotopic (exact) mass is 287 g/mol. The van der Waals surface area contributed by atoms with E-state index in [1.54, 1.807) is 20.0 Å². The second-order valence-electron chi connectivity index (χ2n) is 7.25. The zero-order chi connectivity index (χ0) is 16.4. The first-order chi connectivity index (χ1) is 9.48. The molecule has 0 radical (unpaired) electrons. The molecular weight excluding hydrogens is 262 g/mol. The van der Waals surface area contributed by atoms with E-state index in [4.69, 9.17) is 5.26 Å². The number of hydrogen-bond donors (Lipinski definition) is 1. The molecular formula is C17H25N3O. The third-order valence-corrected chi connectivity index (χ3v) is 3.28. The highest BCUT2D eigenvalue weighted by Gasteiger charge is 2.25. The quantitative estimate of drug-likeness (QED) is 0.924. The molecule has 114 valence electrons. The summed E-state index contributed by atoms with van der Waals surface area (Å²) in [7, 11) is 0. The van der Waals surface area contributed by atoms with Crippen molar-refractivity contribution < 1.29 is 4.79 Å². The molecule has 0 aliphatic carbocycles. The van der Waals surface area contributed by atoms with Gasteiger partial charge >= 0.3 is 0 Å². The topological polar surface area (TPSA) is 65.8 Å². The second kappa shape index (κ2) is 5.85. The Morgan fingerprint density at radius 1 is 1.29 bits per heavy atom. The van der Waals surface area contributed by atoms with Gasteiger partial charge < -0.3 is 5.32 Å². The first kappa shape index (κ1) is 17.2. The normalized spacial score (nSPS) is 12.1. The lowest BCUT2D eigenvalue weighted by molar-refractivity contribution is 0.0927. The van der Waals surface area contributed by atoms with Crippen LogP contribution in [0.3, 0.4) is 0 Å². The summed E-state index contributed by atoms with van der Waals surface area (Å²) in [5.74, 6) is -0.0433. The summed E-state index contributed by atoms with van der Waals surface area (Å²) in [5.41, 5.74) is 1.50. The van der Waals surface area contributed by atoms with Crippen molar-refractivity contribution in [2.24, 2.45) is 0 Å². The predicted molar refractivity (Wildman–Crippen MR) is 84.2 cm³/mol. The van der Waals surface area contributed by atoms with Crippen LogP contribution in [0.1, 0.15) is 76.0 Å². The molecule has 4 heteroatoms. The Morgan fingerprint density at radius 2 is 1.86 bits per heavy atom. The third-order valence-electron chi connectivity index (χ3n) is 3.28. The predicted octanol–water partition coefficient (Wildman–Crippen LogP) is 3.53. The molecule has 1 rings (SSSR count). The van der Waals surface area contributed by atoms with Gasteiger partial charge in [0.05, 0.1) is 11.6 Å². The number of amides is 1. The van der Waals surface area contributed by atoms with Gasteiger partial charge in [-0.3, -0.25) is 9.78 Å². The number of carbonyl (C=O) groups excluding carboxylic acids is 1. The Labute approximate surface area is 127 Å². The first-order valence-corrected chi connectivity index (χ1v) is 7.22. The Balaban J connectivity index is 3.25. The van der Waals surface area contributed by atoms with Crippen molar-refractivity contribution in [1.29, 1.82) is 5.26 Å². The number of nitrogens with zero attached hydrogens (tertiary/aromatic N) is 2. The zero-order valence-electron chi connectivity index (χ0n) is 14.0. The smallest absolute Gasteiger partial charge is 0.254 e.